The number of carbonyl (C=O) groups excluding carboxylic acids is 1. The van der Waals surface area contributed by atoms with Crippen LogP contribution in [-0.4, -0.2) is 30.7 Å². The summed E-state index contributed by atoms with van der Waals surface area (Å²) in [5, 5.41) is 14.4. The molecule has 29 heavy (non-hydrogen) atoms. The Balaban J connectivity index is 1.91. The Bertz CT molecular complexity index is 1000. The van der Waals surface area contributed by atoms with Gasteiger partial charge < -0.3 is 14.6 Å². The van der Waals surface area contributed by atoms with Crippen LogP contribution in [0.5, 0.6) is 5.75 Å². The van der Waals surface area contributed by atoms with Gasteiger partial charge in [-0.05, 0) is 42.0 Å². The molecule has 0 bridgehead atoms. The van der Waals surface area contributed by atoms with E-state index in [1.165, 1.54) is 7.11 Å². The van der Waals surface area contributed by atoms with Crippen LogP contribution in [0.3, 0.4) is 0 Å². The minimum Gasteiger partial charge on any atom is -0.507 e. The third kappa shape index (κ3) is 4.72. The molecule has 0 unspecified atom stereocenters. The summed E-state index contributed by atoms with van der Waals surface area (Å²) in [6, 6.07) is 18.2. The van der Waals surface area contributed by atoms with Crippen LogP contribution in [0.4, 0.5) is 10.5 Å². The SMILES string of the molecule is C=C[C@@H](OC)[C@H](OC(=O)Nc1ccc(SC)cc1)c1ccc(O)c2ccccc12. The quantitative estimate of drug-likeness (QED) is 0.384. The van der Waals surface area contributed by atoms with Gasteiger partial charge in [0, 0.05) is 28.6 Å². The lowest BCUT2D eigenvalue weighted by molar-refractivity contribution is 0.00673. The molecule has 150 valence electrons. The van der Waals surface area contributed by atoms with Gasteiger partial charge in [-0.25, -0.2) is 4.79 Å². The molecule has 0 heterocycles. The molecular weight excluding hydrogens is 386 g/mol. The molecule has 0 aromatic heterocycles. The van der Waals surface area contributed by atoms with Gasteiger partial charge in [-0.15, -0.1) is 18.3 Å². The number of aromatic hydroxyl groups is 1. The molecule has 0 saturated heterocycles. The Hall–Kier alpha value is -2.96. The van der Waals surface area contributed by atoms with E-state index in [2.05, 4.69) is 11.9 Å². The van der Waals surface area contributed by atoms with E-state index in [1.54, 1.807) is 30.0 Å². The Morgan fingerprint density at radius 3 is 2.41 bits per heavy atom. The van der Waals surface area contributed by atoms with Gasteiger partial charge in [0.25, 0.3) is 0 Å². The molecule has 5 nitrogen and oxygen atoms in total. The Morgan fingerprint density at radius 1 is 1.10 bits per heavy atom. The summed E-state index contributed by atoms with van der Waals surface area (Å²) in [6.07, 6.45) is 1.67. The molecule has 2 N–H and O–H groups in total. The van der Waals surface area contributed by atoms with Gasteiger partial charge >= 0.3 is 6.09 Å². The molecular formula is C23H23NO4S. The first kappa shape index (κ1) is 20.8. The summed E-state index contributed by atoms with van der Waals surface area (Å²) in [7, 11) is 1.53. The topological polar surface area (TPSA) is 67.8 Å². The number of rotatable bonds is 7. The predicted octanol–water partition coefficient (Wildman–Crippen LogP) is 5.76. The first-order valence-electron chi connectivity index (χ1n) is 9.05. The number of phenolic OH excluding ortho intramolecular Hbond substituents is 1. The maximum absolute atomic E-state index is 12.6. The fraction of sp³-hybridized carbons (Fsp3) is 0.174. The van der Waals surface area contributed by atoms with Crippen LogP contribution in [0.2, 0.25) is 0 Å². The molecule has 0 fully saturated rings. The first-order chi connectivity index (χ1) is 14.1. The number of phenols is 1. The van der Waals surface area contributed by atoms with E-state index in [1.807, 2.05) is 54.8 Å². The third-order valence-electron chi connectivity index (χ3n) is 4.61. The van der Waals surface area contributed by atoms with Crippen molar-refractivity contribution in [1.82, 2.24) is 0 Å². The minimum atomic E-state index is -0.742. The number of methoxy groups -OCH3 is 1. The fourth-order valence-electron chi connectivity index (χ4n) is 3.14. The standard InChI is InChI=1S/C23H23NO4S/c1-4-21(27-2)22(19-13-14-20(25)18-8-6-5-7-17(18)19)28-23(26)24-15-9-11-16(29-3)12-10-15/h4-14,21-22,25H,1H2,2-3H3,(H,24,26)/t21-,22-/m1/s1. The van der Waals surface area contributed by atoms with Crippen LogP contribution >= 0.6 is 11.8 Å². The number of hydrogen-bond donors (Lipinski definition) is 2. The first-order valence-corrected chi connectivity index (χ1v) is 10.3. The van der Waals surface area contributed by atoms with Crippen LogP contribution < -0.4 is 5.32 Å². The predicted molar refractivity (Wildman–Crippen MR) is 118 cm³/mol. The molecule has 0 saturated carbocycles. The molecule has 1 amide bonds. The van der Waals surface area contributed by atoms with Gasteiger partial charge in [0.05, 0.1) is 0 Å². The zero-order valence-electron chi connectivity index (χ0n) is 16.3. The largest absolute Gasteiger partial charge is 0.507 e. The van der Waals surface area contributed by atoms with E-state index in [4.69, 9.17) is 9.47 Å². The highest BCUT2D eigenvalue weighted by atomic mass is 32.2. The van der Waals surface area contributed by atoms with Crippen molar-refractivity contribution in [1.29, 1.82) is 0 Å². The van der Waals surface area contributed by atoms with Gasteiger partial charge in [-0.1, -0.05) is 36.4 Å². The lowest BCUT2D eigenvalue weighted by Gasteiger charge is -2.25. The molecule has 0 radical (unpaired) electrons. The number of benzene rings is 3. The average Bonchev–Trinajstić information content (AvgIpc) is 2.75. The summed E-state index contributed by atoms with van der Waals surface area (Å²) in [5.74, 6) is 0.161. The molecule has 2 atom stereocenters. The normalized spacial score (nSPS) is 12.9. The van der Waals surface area contributed by atoms with E-state index < -0.39 is 18.3 Å². The average molecular weight is 410 g/mol. The van der Waals surface area contributed by atoms with Gasteiger partial charge in [0.1, 0.15) is 11.9 Å². The van der Waals surface area contributed by atoms with E-state index in [-0.39, 0.29) is 5.75 Å². The van der Waals surface area contributed by atoms with Crippen LogP contribution in [0.25, 0.3) is 10.8 Å². The van der Waals surface area contributed by atoms with Gasteiger partial charge in [-0.3, -0.25) is 5.32 Å². The van der Waals surface area contributed by atoms with Gasteiger partial charge in [0.15, 0.2) is 6.10 Å². The van der Waals surface area contributed by atoms with Gasteiger partial charge in [-0.2, -0.15) is 0 Å². The van der Waals surface area contributed by atoms with Crippen LogP contribution in [0.15, 0.2) is 78.2 Å². The smallest absolute Gasteiger partial charge is 0.412 e. The summed E-state index contributed by atoms with van der Waals surface area (Å²) in [5.41, 5.74) is 1.35. The Kier molecular flexibility index (Phi) is 6.80. The number of thioether (sulfide) groups is 1. The van der Waals surface area contributed by atoms with Crippen LogP contribution in [0.1, 0.15) is 11.7 Å². The molecule has 0 aliphatic heterocycles. The molecule has 6 heteroatoms. The van der Waals surface area contributed by atoms with E-state index in [9.17, 15) is 9.90 Å². The maximum Gasteiger partial charge on any atom is 0.412 e. The molecule has 0 aliphatic rings. The number of carbonyl (C=O) groups is 1. The fourth-order valence-corrected chi connectivity index (χ4v) is 3.55. The second kappa shape index (κ2) is 9.49. The zero-order valence-corrected chi connectivity index (χ0v) is 17.1. The van der Waals surface area contributed by atoms with Crippen molar-refractivity contribution in [3.63, 3.8) is 0 Å². The molecule has 0 spiro atoms. The molecule has 3 rings (SSSR count). The third-order valence-corrected chi connectivity index (χ3v) is 5.36. The number of amides is 1. The summed E-state index contributed by atoms with van der Waals surface area (Å²) in [6.45, 7) is 3.80. The Morgan fingerprint density at radius 2 is 1.79 bits per heavy atom. The second-order valence-electron chi connectivity index (χ2n) is 6.33. The molecule has 0 aliphatic carbocycles. The highest BCUT2D eigenvalue weighted by Crippen LogP contribution is 2.35. The zero-order chi connectivity index (χ0) is 20.8. The van der Waals surface area contributed by atoms with Crippen molar-refractivity contribution in [2.24, 2.45) is 0 Å². The highest BCUT2D eigenvalue weighted by Gasteiger charge is 2.27. The number of nitrogens with one attached hydrogen (secondary N) is 1. The number of fused-ring (bicyclic) bond motifs is 1. The van der Waals surface area contributed by atoms with Crippen molar-refractivity contribution >= 4 is 34.3 Å². The number of ether oxygens (including phenoxy) is 2. The second-order valence-corrected chi connectivity index (χ2v) is 7.21. The minimum absolute atomic E-state index is 0.161. The van der Waals surface area contributed by atoms with Gasteiger partial charge in [0.2, 0.25) is 0 Å². The van der Waals surface area contributed by atoms with Crippen LogP contribution in [-0.2, 0) is 9.47 Å². The van der Waals surface area contributed by atoms with Crippen molar-refractivity contribution in [2.75, 3.05) is 18.7 Å². The van der Waals surface area contributed by atoms with Crippen molar-refractivity contribution in [3.05, 3.63) is 78.9 Å². The summed E-state index contributed by atoms with van der Waals surface area (Å²) >= 11 is 1.62. The monoisotopic (exact) mass is 409 g/mol. The lowest BCUT2D eigenvalue weighted by Crippen LogP contribution is -2.26. The van der Waals surface area contributed by atoms with E-state index in [0.717, 1.165) is 15.8 Å². The van der Waals surface area contributed by atoms with E-state index >= 15 is 0 Å². The van der Waals surface area contributed by atoms with Crippen molar-refractivity contribution in [3.8, 4) is 5.75 Å². The molecule has 3 aromatic rings. The Labute approximate surface area is 174 Å². The number of hydrogen-bond acceptors (Lipinski definition) is 5. The van der Waals surface area contributed by atoms with Crippen LogP contribution in [0, 0.1) is 0 Å². The number of anilines is 1. The summed E-state index contributed by atoms with van der Waals surface area (Å²) < 4.78 is 11.2. The van der Waals surface area contributed by atoms with Crippen molar-refractivity contribution in [2.45, 2.75) is 17.1 Å². The summed E-state index contributed by atoms with van der Waals surface area (Å²) in [4.78, 5) is 13.7. The van der Waals surface area contributed by atoms with Crippen molar-refractivity contribution < 1.29 is 19.4 Å². The lowest BCUT2D eigenvalue weighted by atomic mass is 9.96. The molecule has 3 aromatic carbocycles. The maximum atomic E-state index is 12.6. The van der Waals surface area contributed by atoms with E-state index in [0.29, 0.717) is 11.1 Å². The highest BCUT2D eigenvalue weighted by molar-refractivity contribution is 7.98.